The second kappa shape index (κ2) is 5.86. The fraction of sp³-hybridized carbons (Fsp3) is 0.812. The maximum atomic E-state index is 4.77. The zero-order valence-corrected chi connectivity index (χ0v) is 13.0. The lowest BCUT2D eigenvalue weighted by Gasteiger charge is -2.26. The molecule has 4 atom stereocenters. The molecular weight excluding hydrogens is 248 g/mol. The lowest BCUT2D eigenvalue weighted by molar-refractivity contribution is 0.207. The van der Waals surface area contributed by atoms with Crippen molar-refractivity contribution in [2.75, 3.05) is 19.6 Å². The molecule has 2 aliphatic heterocycles. The fourth-order valence-electron chi connectivity index (χ4n) is 3.96. The Labute approximate surface area is 122 Å². The monoisotopic (exact) mass is 276 g/mol. The van der Waals surface area contributed by atoms with E-state index < -0.39 is 0 Å². The van der Waals surface area contributed by atoms with Gasteiger partial charge in [0, 0.05) is 31.4 Å². The van der Waals surface area contributed by atoms with E-state index in [4.69, 9.17) is 5.10 Å². The first kappa shape index (κ1) is 14.1. The molecule has 1 aromatic rings. The second-order valence-electron chi connectivity index (χ2n) is 6.53. The Balaban J connectivity index is 1.67. The Kier molecular flexibility index (Phi) is 4.13. The zero-order chi connectivity index (χ0) is 14.1. The van der Waals surface area contributed by atoms with Gasteiger partial charge in [0.05, 0.1) is 5.69 Å². The van der Waals surface area contributed by atoms with Crippen molar-refractivity contribution in [3.63, 3.8) is 0 Å². The molecule has 2 fully saturated rings. The topological polar surface area (TPSA) is 33.1 Å². The molecule has 4 nitrogen and oxygen atoms in total. The molecule has 4 unspecified atom stereocenters. The summed E-state index contributed by atoms with van der Waals surface area (Å²) in [6, 6.07) is 3.45. The summed E-state index contributed by atoms with van der Waals surface area (Å²) in [5, 5.41) is 8.32. The molecule has 0 aromatic carbocycles. The number of nitrogens with one attached hydrogen (secondary N) is 1. The van der Waals surface area contributed by atoms with E-state index in [2.05, 4.69) is 47.9 Å². The number of hydrogen-bond acceptors (Lipinski definition) is 3. The molecule has 3 rings (SSSR count). The third-order valence-corrected chi connectivity index (χ3v) is 5.31. The lowest BCUT2D eigenvalue weighted by atomic mass is 9.93. The van der Waals surface area contributed by atoms with E-state index in [1.807, 2.05) is 0 Å². The molecule has 20 heavy (non-hydrogen) atoms. The molecule has 4 heteroatoms. The lowest BCUT2D eigenvalue weighted by Crippen LogP contribution is -2.34. The summed E-state index contributed by atoms with van der Waals surface area (Å²) in [5.74, 6) is 1.72. The molecular formula is C16H28N4. The van der Waals surface area contributed by atoms with Crippen LogP contribution in [0.15, 0.2) is 12.3 Å². The number of rotatable bonds is 5. The van der Waals surface area contributed by atoms with E-state index in [-0.39, 0.29) is 0 Å². The zero-order valence-electron chi connectivity index (χ0n) is 13.0. The van der Waals surface area contributed by atoms with Crippen molar-refractivity contribution >= 4 is 0 Å². The van der Waals surface area contributed by atoms with Gasteiger partial charge in [0.2, 0.25) is 0 Å². The summed E-state index contributed by atoms with van der Waals surface area (Å²) in [7, 11) is 0. The van der Waals surface area contributed by atoms with Crippen LogP contribution >= 0.6 is 0 Å². The Hall–Kier alpha value is -0.870. The van der Waals surface area contributed by atoms with Gasteiger partial charge in [-0.15, -0.1) is 0 Å². The number of fused-ring (bicyclic) bond motifs is 1. The van der Waals surface area contributed by atoms with Gasteiger partial charge in [-0.1, -0.05) is 13.8 Å². The number of nitrogens with zero attached hydrogens (tertiary/aromatic N) is 3. The quantitative estimate of drug-likeness (QED) is 0.895. The highest BCUT2D eigenvalue weighted by Crippen LogP contribution is 2.34. The third kappa shape index (κ3) is 2.51. The van der Waals surface area contributed by atoms with E-state index in [9.17, 15) is 0 Å². The van der Waals surface area contributed by atoms with Crippen LogP contribution in [0, 0.1) is 11.8 Å². The summed E-state index contributed by atoms with van der Waals surface area (Å²) in [5.41, 5.74) is 1.23. The maximum absolute atomic E-state index is 4.77. The van der Waals surface area contributed by atoms with Crippen molar-refractivity contribution in [3.05, 3.63) is 18.0 Å². The van der Waals surface area contributed by atoms with Crippen LogP contribution < -0.4 is 5.32 Å². The van der Waals surface area contributed by atoms with Gasteiger partial charge in [-0.25, -0.2) is 0 Å². The first-order valence-electron chi connectivity index (χ1n) is 8.21. The van der Waals surface area contributed by atoms with Gasteiger partial charge in [-0.2, -0.15) is 5.10 Å². The standard InChI is InChI=1S/C16H28N4/c1-4-12(3)20-7-6-14(18-20)11-19-10-13-8-17-9-15(13)16(19)5-2/h6-7,12-13,15-17H,4-5,8-11H2,1-3H3. The van der Waals surface area contributed by atoms with Crippen molar-refractivity contribution < 1.29 is 0 Å². The molecule has 0 bridgehead atoms. The van der Waals surface area contributed by atoms with Crippen molar-refractivity contribution in [2.45, 2.75) is 52.2 Å². The SMILES string of the molecule is CCC1C2CNCC2CN1Cc1ccn(C(C)CC)n1. The van der Waals surface area contributed by atoms with Crippen LogP contribution in [0.4, 0.5) is 0 Å². The van der Waals surface area contributed by atoms with Crippen LogP contribution in [-0.2, 0) is 6.54 Å². The molecule has 2 saturated heterocycles. The summed E-state index contributed by atoms with van der Waals surface area (Å²) >= 11 is 0. The van der Waals surface area contributed by atoms with Gasteiger partial charge in [0.15, 0.2) is 0 Å². The molecule has 2 aliphatic rings. The number of aromatic nitrogens is 2. The molecule has 0 amide bonds. The van der Waals surface area contributed by atoms with Crippen molar-refractivity contribution in [3.8, 4) is 0 Å². The van der Waals surface area contributed by atoms with Gasteiger partial charge < -0.3 is 5.32 Å². The average Bonchev–Trinajstić information content (AvgIpc) is 3.13. The first-order valence-corrected chi connectivity index (χ1v) is 8.21. The summed E-state index contributed by atoms with van der Waals surface area (Å²) in [6.07, 6.45) is 4.54. The van der Waals surface area contributed by atoms with Crippen LogP contribution in [0.5, 0.6) is 0 Å². The van der Waals surface area contributed by atoms with E-state index in [1.54, 1.807) is 0 Å². The van der Waals surface area contributed by atoms with E-state index in [0.717, 1.165) is 30.8 Å². The minimum absolute atomic E-state index is 0.507. The predicted octanol–water partition coefficient (Wildman–Crippen LogP) is 2.28. The highest BCUT2D eigenvalue weighted by molar-refractivity contribution is 5.04. The average molecular weight is 276 g/mol. The summed E-state index contributed by atoms with van der Waals surface area (Å²) in [6.45, 7) is 11.5. The van der Waals surface area contributed by atoms with E-state index in [1.165, 1.54) is 31.7 Å². The fourth-order valence-corrected chi connectivity index (χ4v) is 3.96. The molecule has 0 aliphatic carbocycles. The first-order chi connectivity index (χ1) is 9.72. The normalized spacial score (nSPS) is 31.6. The molecule has 1 aromatic heterocycles. The highest BCUT2D eigenvalue weighted by Gasteiger charge is 2.43. The Morgan fingerprint density at radius 3 is 3.00 bits per heavy atom. The van der Waals surface area contributed by atoms with Gasteiger partial charge in [-0.3, -0.25) is 9.58 Å². The maximum Gasteiger partial charge on any atom is 0.0765 e. The molecule has 3 heterocycles. The molecule has 0 radical (unpaired) electrons. The Morgan fingerprint density at radius 1 is 1.40 bits per heavy atom. The Morgan fingerprint density at radius 2 is 2.25 bits per heavy atom. The molecule has 1 N–H and O–H groups in total. The van der Waals surface area contributed by atoms with E-state index in [0.29, 0.717) is 6.04 Å². The molecule has 0 spiro atoms. The van der Waals surface area contributed by atoms with Crippen molar-refractivity contribution in [1.29, 1.82) is 0 Å². The largest absolute Gasteiger partial charge is 0.316 e. The minimum Gasteiger partial charge on any atom is -0.316 e. The van der Waals surface area contributed by atoms with Crippen LogP contribution in [0.2, 0.25) is 0 Å². The van der Waals surface area contributed by atoms with Crippen LogP contribution in [0.25, 0.3) is 0 Å². The van der Waals surface area contributed by atoms with Crippen molar-refractivity contribution in [1.82, 2.24) is 20.0 Å². The van der Waals surface area contributed by atoms with E-state index >= 15 is 0 Å². The minimum atomic E-state index is 0.507. The summed E-state index contributed by atoms with van der Waals surface area (Å²) < 4.78 is 2.12. The van der Waals surface area contributed by atoms with Crippen LogP contribution in [0.3, 0.4) is 0 Å². The number of likely N-dealkylation sites (tertiary alicyclic amines) is 1. The smallest absolute Gasteiger partial charge is 0.0765 e. The Bertz CT molecular complexity index is 441. The van der Waals surface area contributed by atoms with Crippen molar-refractivity contribution in [2.24, 2.45) is 11.8 Å². The van der Waals surface area contributed by atoms with Gasteiger partial charge >= 0.3 is 0 Å². The highest BCUT2D eigenvalue weighted by atomic mass is 15.3. The van der Waals surface area contributed by atoms with Gasteiger partial charge in [-0.05, 0) is 50.8 Å². The predicted molar refractivity (Wildman–Crippen MR) is 81.6 cm³/mol. The van der Waals surface area contributed by atoms with Gasteiger partial charge in [0.1, 0.15) is 0 Å². The summed E-state index contributed by atoms with van der Waals surface area (Å²) in [4.78, 5) is 2.67. The number of hydrogen-bond donors (Lipinski definition) is 1. The molecule has 112 valence electrons. The second-order valence-corrected chi connectivity index (χ2v) is 6.53. The van der Waals surface area contributed by atoms with Crippen LogP contribution in [-0.4, -0.2) is 40.4 Å². The van der Waals surface area contributed by atoms with Crippen LogP contribution in [0.1, 0.15) is 45.3 Å². The molecule has 0 saturated carbocycles. The van der Waals surface area contributed by atoms with Gasteiger partial charge in [0.25, 0.3) is 0 Å². The third-order valence-electron chi connectivity index (χ3n) is 5.31.